The van der Waals surface area contributed by atoms with E-state index in [4.69, 9.17) is 4.74 Å². The number of carboxylic acids is 1. The summed E-state index contributed by atoms with van der Waals surface area (Å²) in [4.78, 5) is 11.2. The van der Waals surface area contributed by atoms with Crippen LogP contribution in [0.5, 0.6) is 5.75 Å². The second kappa shape index (κ2) is 5.14. The van der Waals surface area contributed by atoms with Gasteiger partial charge in [-0.25, -0.2) is 4.79 Å². The van der Waals surface area contributed by atoms with Gasteiger partial charge in [0.25, 0.3) is 0 Å². The average molecular weight is 260 g/mol. The number of carboxylic acid groups (broad SMARTS) is 1. The first-order valence-electron chi connectivity index (χ1n) is 6.01. The van der Waals surface area contributed by atoms with E-state index in [1.165, 1.54) is 0 Å². The second-order valence-corrected chi connectivity index (χ2v) is 4.44. The zero-order valence-corrected chi connectivity index (χ0v) is 11.1. The SMILES string of the molecule is Cc1ccccc1OC(C)c1n[nH]c(C)c1C(=O)O. The summed E-state index contributed by atoms with van der Waals surface area (Å²) < 4.78 is 5.79. The van der Waals surface area contributed by atoms with Crippen molar-refractivity contribution in [1.82, 2.24) is 10.2 Å². The topological polar surface area (TPSA) is 75.2 Å². The molecule has 2 N–H and O–H groups in total. The zero-order valence-electron chi connectivity index (χ0n) is 11.1. The van der Waals surface area contributed by atoms with Gasteiger partial charge in [-0.2, -0.15) is 5.10 Å². The number of aromatic carboxylic acids is 1. The Morgan fingerprint density at radius 1 is 1.37 bits per heavy atom. The Morgan fingerprint density at radius 2 is 2.05 bits per heavy atom. The predicted octanol–water partition coefficient (Wildman–Crippen LogP) is 2.86. The minimum absolute atomic E-state index is 0.182. The number of hydrogen-bond acceptors (Lipinski definition) is 3. The van der Waals surface area contributed by atoms with Crippen molar-refractivity contribution in [3.05, 3.63) is 46.8 Å². The van der Waals surface area contributed by atoms with E-state index in [0.29, 0.717) is 11.4 Å². The molecule has 5 heteroatoms. The summed E-state index contributed by atoms with van der Waals surface area (Å²) in [6.07, 6.45) is -0.433. The van der Waals surface area contributed by atoms with Crippen LogP contribution in [0.25, 0.3) is 0 Å². The summed E-state index contributed by atoms with van der Waals surface area (Å²) in [6, 6.07) is 7.60. The number of H-pyrrole nitrogens is 1. The Kier molecular flexibility index (Phi) is 3.55. The lowest BCUT2D eigenvalue weighted by Crippen LogP contribution is -2.10. The summed E-state index contributed by atoms with van der Waals surface area (Å²) in [5.74, 6) is -0.270. The number of carbonyl (C=O) groups is 1. The van der Waals surface area contributed by atoms with Crippen LogP contribution in [0.4, 0.5) is 0 Å². The minimum Gasteiger partial charge on any atom is -0.484 e. The standard InChI is InChI=1S/C14H16N2O3/c1-8-6-4-5-7-11(8)19-10(3)13-12(14(17)18)9(2)15-16-13/h4-7,10H,1-3H3,(H,15,16)(H,17,18). The molecule has 0 radical (unpaired) electrons. The van der Waals surface area contributed by atoms with Gasteiger partial charge in [0.1, 0.15) is 23.1 Å². The maximum atomic E-state index is 11.2. The Hall–Kier alpha value is -2.30. The van der Waals surface area contributed by atoms with Gasteiger partial charge in [0.2, 0.25) is 0 Å². The molecule has 1 heterocycles. The van der Waals surface area contributed by atoms with E-state index in [2.05, 4.69) is 10.2 Å². The largest absolute Gasteiger partial charge is 0.484 e. The van der Waals surface area contributed by atoms with Crippen LogP contribution in [0, 0.1) is 13.8 Å². The molecule has 2 aromatic rings. The summed E-state index contributed by atoms with van der Waals surface area (Å²) in [7, 11) is 0. The highest BCUT2D eigenvalue weighted by Crippen LogP contribution is 2.26. The van der Waals surface area contributed by atoms with Crippen molar-refractivity contribution in [2.24, 2.45) is 0 Å². The molecular formula is C14H16N2O3. The lowest BCUT2D eigenvalue weighted by Gasteiger charge is -2.15. The molecule has 0 spiro atoms. The van der Waals surface area contributed by atoms with Crippen molar-refractivity contribution in [1.29, 1.82) is 0 Å². The van der Waals surface area contributed by atoms with E-state index in [1.54, 1.807) is 13.8 Å². The van der Waals surface area contributed by atoms with Gasteiger partial charge in [-0.15, -0.1) is 0 Å². The Balaban J connectivity index is 2.28. The van der Waals surface area contributed by atoms with Crippen molar-refractivity contribution in [2.45, 2.75) is 26.9 Å². The summed E-state index contributed by atoms with van der Waals surface area (Å²) in [5, 5.41) is 15.9. The summed E-state index contributed by atoms with van der Waals surface area (Å²) >= 11 is 0. The van der Waals surface area contributed by atoms with E-state index in [9.17, 15) is 9.90 Å². The van der Waals surface area contributed by atoms with Gasteiger partial charge in [0.05, 0.1) is 0 Å². The van der Waals surface area contributed by atoms with E-state index in [-0.39, 0.29) is 5.56 Å². The number of ether oxygens (including phenoxy) is 1. The number of hydrogen-bond donors (Lipinski definition) is 2. The summed E-state index contributed by atoms with van der Waals surface area (Å²) in [5.41, 5.74) is 2.12. The maximum absolute atomic E-state index is 11.2. The highest BCUT2D eigenvalue weighted by atomic mass is 16.5. The van der Waals surface area contributed by atoms with Gasteiger partial charge >= 0.3 is 5.97 Å². The van der Waals surface area contributed by atoms with Crippen LogP contribution in [-0.4, -0.2) is 21.3 Å². The Bertz CT molecular complexity index is 604. The molecule has 0 bridgehead atoms. The van der Waals surface area contributed by atoms with Crippen LogP contribution in [0.3, 0.4) is 0 Å². The molecule has 0 aliphatic carbocycles. The first-order valence-corrected chi connectivity index (χ1v) is 6.01. The third-order valence-electron chi connectivity index (χ3n) is 2.97. The molecule has 0 saturated heterocycles. The average Bonchev–Trinajstić information content (AvgIpc) is 2.74. The van der Waals surface area contributed by atoms with Gasteiger partial charge in [-0.05, 0) is 32.4 Å². The molecular weight excluding hydrogens is 244 g/mol. The number of para-hydroxylation sites is 1. The Labute approximate surface area is 111 Å². The molecule has 1 atom stereocenters. The lowest BCUT2D eigenvalue weighted by molar-refractivity contribution is 0.0691. The van der Waals surface area contributed by atoms with Crippen LogP contribution in [0.1, 0.15) is 40.3 Å². The molecule has 0 fully saturated rings. The van der Waals surface area contributed by atoms with Crippen molar-refractivity contribution >= 4 is 5.97 Å². The van der Waals surface area contributed by atoms with E-state index >= 15 is 0 Å². The number of aromatic nitrogens is 2. The van der Waals surface area contributed by atoms with Crippen molar-refractivity contribution in [3.63, 3.8) is 0 Å². The second-order valence-electron chi connectivity index (χ2n) is 4.44. The number of aryl methyl sites for hydroxylation is 2. The van der Waals surface area contributed by atoms with Crippen LogP contribution in [-0.2, 0) is 0 Å². The maximum Gasteiger partial charge on any atom is 0.339 e. The van der Waals surface area contributed by atoms with Crippen LogP contribution in [0.2, 0.25) is 0 Å². The molecule has 0 amide bonds. The first kappa shape index (κ1) is 13.1. The first-order chi connectivity index (χ1) is 9.00. The molecule has 0 saturated carbocycles. The molecule has 19 heavy (non-hydrogen) atoms. The predicted molar refractivity (Wildman–Crippen MR) is 70.5 cm³/mol. The third kappa shape index (κ3) is 2.59. The molecule has 100 valence electrons. The van der Waals surface area contributed by atoms with Gasteiger partial charge in [-0.3, -0.25) is 5.10 Å². The normalized spacial score (nSPS) is 12.2. The van der Waals surface area contributed by atoms with E-state index < -0.39 is 12.1 Å². The smallest absolute Gasteiger partial charge is 0.339 e. The van der Waals surface area contributed by atoms with Gasteiger partial charge in [0.15, 0.2) is 0 Å². The lowest BCUT2D eigenvalue weighted by atomic mass is 10.1. The minimum atomic E-state index is -0.999. The highest BCUT2D eigenvalue weighted by molar-refractivity contribution is 5.90. The molecule has 5 nitrogen and oxygen atoms in total. The van der Waals surface area contributed by atoms with E-state index in [0.717, 1.165) is 11.3 Å². The number of nitrogens with one attached hydrogen (secondary N) is 1. The molecule has 1 aromatic heterocycles. The summed E-state index contributed by atoms with van der Waals surface area (Å²) in [6.45, 7) is 5.41. The molecule has 1 unspecified atom stereocenters. The zero-order chi connectivity index (χ0) is 14.0. The fourth-order valence-electron chi connectivity index (χ4n) is 1.95. The van der Waals surface area contributed by atoms with Crippen LogP contribution >= 0.6 is 0 Å². The van der Waals surface area contributed by atoms with Crippen molar-refractivity contribution < 1.29 is 14.6 Å². The van der Waals surface area contributed by atoms with Crippen LogP contribution < -0.4 is 4.74 Å². The quantitative estimate of drug-likeness (QED) is 0.886. The fraction of sp³-hybridized carbons (Fsp3) is 0.286. The molecule has 2 rings (SSSR count). The Morgan fingerprint density at radius 3 is 2.68 bits per heavy atom. The fourth-order valence-corrected chi connectivity index (χ4v) is 1.95. The third-order valence-corrected chi connectivity index (χ3v) is 2.97. The molecule has 0 aliphatic rings. The van der Waals surface area contributed by atoms with Crippen molar-refractivity contribution in [3.8, 4) is 5.75 Å². The van der Waals surface area contributed by atoms with Gasteiger partial charge in [-0.1, -0.05) is 18.2 Å². The highest BCUT2D eigenvalue weighted by Gasteiger charge is 2.23. The monoisotopic (exact) mass is 260 g/mol. The number of benzene rings is 1. The van der Waals surface area contributed by atoms with Gasteiger partial charge < -0.3 is 9.84 Å². The number of rotatable bonds is 4. The van der Waals surface area contributed by atoms with Gasteiger partial charge in [0, 0.05) is 5.69 Å². The number of nitrogens with zero attached hydrogens (tertiary/aromatic N) is 1. The number of aromatic amines is 1. The van der Waals surface area contributed by atoms with Crippen LogP contribution in [0.15, 0.2) is 24.3 Å². The van der Waals surface area contributed by atoms with Crippen molar-refractivity contribution in [2.75, 3.05) is 0 Å². The molecule has 1 aromatic carbocycles. The molecule has 0 aliphatic heterocycles. The van der Waals surface area contributed by atoms with E-state index in [1.807, 2.05) is 31.2 Å².